The zero-order valence-electron chi connectivity index (χ0n) is 13.2. The summed E-state index contributed by atoms with van der Waals surface area (Å²) in [7, 11) is 1.27. The first-order chi connectivity index (χ1) is 11.5. The molecule has 0 unspecified atom stereocenters. The lowest BCUT2D eigenvalue weighted by atomic mass is 10.2. The van der Waals surface area contributed by atoms with Crippen molar-refractivity contribution >= 4 is 11.7 Å². The standard InChI is InChI=1S/C17H15N5O2/c1-11-7-8-22(20-11)14-5-3-13(4-6-14)21-10-12(9-18)15(19)16(21)17(23)24-2/h3-8,10H,19H2,1-2H3. The van der Waals surface area contributed by atoms with Crippen molar-refractivity contribution in [3.05, 3.63) is 59.7 Å². The zero-order valence-corrected chi connectivity index (χ0v) is 13.2. The summed E-state index contributed by atoms with van der Waals surface area (Å²) in [6.07, 6.45) is 3.39. The lowest BCUT2D eigenvalue weighted by Crippen LogP contribution is -2.11. The van der Waals surface area contributed by atoms with Gasteiger partial charge in [-0.2, -0.15) is 10.4 Å². The lowest BCUT2D eigenvalue weighted by Gasteiger charge is -2.09. The number of esters is 1. The average molecular weight is 321 g/mol. The Morgan fingerprint density at radius 2 is 1.92 bits per heavy atom. The second-order valence-electron chi connectivity index (χ2n) is 5.20. The predicted octanol–water partition coefficient (Wildman–Crippen LogP) is 2.21. The van der Waals surface area contributed by atoms with Crippen molar-refractivity contribution < 1.29 is 9.53 Å². The summed E-state index contributed by atoms with van der Waals surface area (Å²) in [5, 5.41) is 13.5. The van der Waals surface area contributed by atoms with Crippen molar-refractivity contribution in [2.75, 3.05) is 12.8 Å². The van der Waals surface area contributed by atoms with Crippen LogP contribution in [0.5, 0.6) is 0 Å². The Labute approximate surface area is 138 Å². The molecule has 2 aromatic heterocycles. The Balaban J connectivity index is 2.06. The molecule has 1 aromatic carbocycles. The van der Waals surface area contributed by atoms with E-state index in [1.807, 2.05) is 49.5 Å². The van der Waals surface area contributed by atoms with Crippen LogP contribution in [-0.4, -0.2) is 27.4 Å². The summed E-state index contributed by atoms with van der Waals surface area (Å²) < 4.78 is 8.08. The quantitative estimate of drug-likeness (QED) is 0.746. The first-order valence-electron chi connectivity index (χ1n) is 7.17. The molecule has 120 valence electrons. The summed E-state index contributed by atoms with van der Waals surface area (Å²) in [5.41, 5.74) is 8.85. The highest BCUT2D eigenvalue weighted by molar-refractivity contribution is 5.95. The smallest absolute Gasteiger partial charge is 0.357 e. The minimum Gasteiger partial charge on any atom is -0.464 e. The molecule has 0 aliphatic carbocycles. The zero-order chi connectivity index (χ0) is 17.3. The van der Waals surface area contributed by atoms with Gasteiger partial charge in [0, 0.05) is 18.1 Å². The predicted molar refractivity (Wildman–Crippen MR) is 88.1 cm³/mol. The van der Waals surface area contributed by atoms with E-state index in [1.165, 1.54) is 13.3 Å². The number of carbonyl (C=O) groups excluding carboxylic acids is 1. The first-order valence-corrected chi connectivity index (χ1v) is 7.17. The number of hydrogen-bond donors (Lipinski definition) is 1. The molecular weight excluding hydrogens is 306 g/mol. The van der Waals surface area contributed by atoms with Crippen LogP contribution in [0, 0.1) is 18.3 Å². The van der Waals surface area contributed by atoms with Gasteiger partial charge in [-0.15, -0.1) is 0 Å². The minimum atomic E-state index is -0.597. The average Bonchev–Trinajstić information content (AvgIpc) is 3.17. The maximum atomic E-state index is 12.0. The van der Waals surface area contributed by atoms with E-state index in [-0.39, 0.29) is 16.9 Å². The molecule has 0 aliphatic rings. The van der Waals surface area contributed by atoms with Gasteiger partial charge in [-0.05, 0) is 37.3 Å². The molecule has 0 atom stereocenters. The Hall–Kier alpha value is -3.53. The highest BCUT2D eigenvalue weighted by Gasteiger charge is 2.21. The van der Waals surface area contributed by atoms with Crippen LogP contribution in [0.1, 0.15) is 21.7 Å². The summed E-state index contributed by atoms with van der Waals surface area (Å²) in [4.78, 5) is 12.0. The van der Waals surface area contributed by atoms with E-state index in [2.05, 4.69) is 5.10 Å². The van der Waals surface area contributed by atoms with Crippen molar-refractivity contribution in [2.24, 2.45) is 0 Å². The fourth-order valence-electron chi connectivity index (χ4n) is 2.44. The number of nitrogens with two attached hydrogens (primary N) is 1. The molecule has 0 bridgehead atoms. The van der Waals surface area contributed by atoms with E-state index in [0.29, 0.717) is 5.69 Å². The molecule has 0 saturated heterocycles. The number of methoxy groups -OCH3 is 1. The second kappa shape index (κ2) is 5.93. The van der Waals surface area contributed by atoms with Crippen LogP contribution in [0.2, 0.25) is 0 Å². The van der Waals surface area contributed by atoms with Gasteiger partial charge in [-0.1, -0.05) is 0 Å². The number of nitrogen functional groups attached to an aromatic ring is 1. The van der Waals surface area contributed by atoms with E-state index < -0.39 is 5.97 Å². The highest BCUT2D eigenvalue weighted by Crippen LogP contribution is 2.25. The normalized spacial score (nSPS) is 10.4. The Kier molecular flexibility index (Phi) is 3.80. The molecule has 3 rings (SSSR count). The molecule has 0 spiro atoms. The molecule has 7 nitrogen and oxygen atoms in total. The van der Waals surface area contributed by atoms with Gasteiger partial charge >= 0.3 is 5.97 Å². The fourth-order valence-corrected chi connectivity index (χ4v) is 2.44. The van der Waals surface area contributed by atoms with E-state index in [1.54, 1.807) is 9.25 Å². The van der Waals surface area contributed by atoms with Crippen LogP contribution in [-0.2, 0) is 4.74 Å². The summed E-state index contributed by atoms with van der Waals surface area (Å²) in [6.45, 7) is 1.92. The highest BCUT2D eigenvalue weighted by atomic mass is 16.5. The number of carbonyl (C=O) groups is 1. The van der Waals surface area contributed by atoms with Crippen LogP contribution < -0.4 is 5.73 Å². The number of ether oxygens (including phenoxy) is 1. The van der Waals surface area contributed by atoms with Crippen LogP contribution in [0.3, 0.4) is 0 Å². The number of hydrogen-bond acceptors (Lipinski definition) is 5. The molecule has 7 heteroatoms. The molecular formula is C17H15N5O2. The van der Waals surface area contributed by atoms with Crippen molar-refractivity contribution in [3.63, 3.8) is 0 Å². The molecule has 2 heterocycles. The van der Waals surface area contributed by atoms with Gasteiger partial charge in [0.2, 0.25) is 0 Å². The van der Waals surface area contributed by atoms with Gasteiger partial charge in [0.15, 0.2) is 5.69 Å². The number of nitriles is 1. The van der Waals surface area contributed by atoms with Crippen molar-refractivity contribution in [1.82, 2.24) is 14.3 Å². The number of benzene rings is 1. The summed E-state index contributed by atoms with van der Waals surface area (Å²) in [5.74, 6) is -0.597. The van der Waals surface area contributed by atoms with Crippen LogP contribution in [0.15, 0.2) is 42.7 Å². The number of aromatic nitrogens is 3. The Morgan fingerprint density at radius 1 is 1.25 bits per heavy atom. The summed E-state index contributed by atoms with van der Waals surface area (Å²) in [6, 6.07) is 11.3. The van der Waals surface area contributed by atoms with Crippen LogP contribution >= 0.6 is 0 Å². The maximum absolute atomic E-state index is 12.0. The lowest BCUT2D eigenvalue weighted by molar-refractivity contribution is 0.0593. The van der Waals surface area contributed by atoms with Gasteiger partial charge in [0.05, 0.1) is 29.7 Å². The Morgan fingerprint density at radius 3 is 2.46 bits per heavy atom. The SMILES string of the molecule is COC(=O)c1c(N)c(C#N)cn1-c1ccc(-n2ccc(C)n2)cc1. The van der Waals surface area contributed by atoms with E-state index in [0.717, 1.165) is 11.4 Å². The molecule has 3 aromatic rings. The molecule has 24 heavy (non-hydrogen) atoms. The van der Waals surface area contributed by atoms with Crippen molar-refractivity contribution in [3.8, 4) is 17.4 Å². The molecule has 2 N–H and O–H groups in total. The largest absolute Gasteiger partial charge is 0.464 e. The maximum Gasteiger partial charge on any atom is 0.357 e. The Bertz CT molecular complexity index is 945. The second-order valence-corrected chi connectivity index (χ2v) is 5.20. The number of aryl methyl sites for hydroxylation is 1. The fraction of sp³-hybridized carbons (Fsp3) is 0.118. The third-order valence-corrected chi connectivity index (χ3v) is 3.66. The number of rotatable bonds is 3. The first kappa shape index (κ1) is 15.4. The van der Waals surface area contributed by atoms with Crippen molar-refractivity contribution in [2.45, 2.75) is 6.92 Å². The van der Waals surface area contributed by atoms with Gasteiger partial charge in [-0.3, -0.25) is 0 Å². The molecule has 0 radical (unpaired) electrons. The third-order valence-electron chi connectivity index (χ3n) is 3.66. The summed E-state index contributed by atoms with van der Waals surface area (Å²) >= 11 is 0. The van der Waals surface area contributed by atoms with Gasteiger partial charge in [0.25, 0.3) is 0 Å². The van der Waals surface area contributed by atoms with E-state index in [9.17, 15) is 4.79 Å². The van der Waals surface area contributed by atoms with E-state index >= 15 is 0 Å². The van der Waals surface area contributed by atoms with E-state index in [4.69, 9.17) is 15.7 Å². The van der Waals surface area contributed by atoms with Gasteiger partial charge in [0.1, 0.15) is 6.07 Å². The minimum absolute atomic E-state index is 0.108. The monoisotopic (exact) mass is 321 g/mol. The van der Waals surface area contributed by atoms with Gasteiger partial charge in [-0.25, -0.2) is 9.48 Å². The number of anilines is 1. The molecule has 0 amide bonds. The topological polar surface area (TPSA) is 98.9 Å². The molecule has 0 fully saturated rings. The van der Waals surface area contributed by atoms with Gasteiger partial charge < -0.3 is 15.0 Å². The van der Waals surface area contributed by atoms with Crippen molar-refractivity contribution in [1.29, 1.82) is 5.26 Å². The number of nitrogens with zero attached hydrogens (tertiary/aromatic N) is 4. The molecule has 0 saturated carbocycles. The van der Waals surface area contributed by atoms with Crippen LogP contribution in [0.25, 0.3) is 11.4 Å². The third kappa shape index (κ3) is 2.50. The van der Waals surface area contributed by atoms with Crippen LogP contribution in [0.4, 0.5) is 5.69 Å². The molecule has 0 aliphatic heterocycles.